The first-order chi connectivity index (χ1) is 10.7. The van der Waals surface area contributed by atoms with Crippen LogP contribution >= 0.6 is 0 Å². The summed E-state index contributed by atoms with van der Waals surface area (Å²) in [6, 6.07) is 16.6. The van der Waals surface area contributed by atoms with Gasteiger partial charge in [-0.25, -0.2) is 0 Å². The molecule has 3 rings (SSSR count). The molecule has 0 atom stereocenters. The second-order valence-electron chi connectivity index (χ2n) is 5.39. The van der Waals surface area contributed by atoms with Crippen LogP contribution in [0.2, 0.25) is 0 Å². The van der Waals surface area contributed by atoms with Crippen molar-refractivity contribution < 1.29 is 10.2 Å². The van der Waals surface area contributed by atoms with E-state index in [1.807, 2.05) is 36.7 Å². The summed E-state index contributed by atoms with van der Waals surface area (Å²) >= 11 is 0. The fourth-order valence-corrected chi connectivity index (χ4v) is 2.43. The molecule has 0 saturated heterocycles. The number of aromatic hydroxyl groups is 2. The van der Waals surface area contributed by atoms with Gasteiger partial charge in [0.15, 0.2) is 0 Å². The molecule has 0 spiro atoms. The van der Waals surface area contributed by atoms with E-state index < -0.39 is 0 Å². The van der Waals surface area contributed by atoms with Crippen LogP contribution < -0.4 is 0 Å². The highest BCUT2D eigenvalue weighted by Crippen LogP contribution is 2.17. The third-order valence-electron chi connectivity index (χ3n) is 3.54. The van der Waals surface area contributed by atoms with E-state index in [1.54, 1.807) is 24.3 Å². The van der Waals surface area contributed by atoms with Gasteiger partial charge < -0.3 is 10.2 Å². The van der Waals surface area contributed by atoms with Crippen LogP contribution in [0.1, 0.15) is 22.3 Å². The van der Waals surface area contributed by atoms with Gasteiger partial charge in [0.05, 0.1) is 0 Å². The van der Waals surface area contributed by atoms with E-state index in [4.69, 9.17) is 0 Å². The number of benzene rings is 2. The van der Waals surface area contributed by atoms with Crippen LogP contribution in [0, 0.1) is 0 Å². The molecule has 22 heavy (non-hydrogen) atoms. The van der Waals surface area contributed by atoms with E-state index in [1.165, 1.54) is 0 Å². The Balaban J connectivity index is 1.74. The maximum atomic E-state index is 9.32. The van der Waals surface area contributed by atoms with Crippen LogP contribution in [-0.4, -0.2) is 15.2 Å². The van der Waals surface area contributed by atoms with Gasteiger partial charge in [0.1, 0.15) is 11.5 Å². The summed E-state index contributed by atoms with van der Waals surface area (Å²) in [4.78, 5) is 4.31. The number of pyridine rings is 1. The quantitative estimate of drug-likeness (QED) is 0.771. The number of hydrogen-bond acceptors (Lipinski definition) is 3. The minimum atomic E-state index is 0.281. The Hall–Kier alpha value is -2.81. The van der Waals surface area contributed by atoms with E-state index in [0.29, 0.717) is 0 Å². The highest BCUT2D eigenvalue weighted by atomic mass is 16.3. The van der Waals surface area contributed by atoms with Crippen molar-refractivity contribution in [3.8, 4) is 11.5 Å². The first-order valence-electron chi connectivity index (χ1n) is 7.18. The minimum Gasteiger partial charge on any atom is -0.508 e. The molecule has 0 bridgehead atoms. The number of hydrogen-bond donors (Lipinski definition) is 2. The molecule has 2 N–H and O–H groups in total. The first-order valence-corrected chi connectivity index (χ1v) is 7.18. The molecule has 3 nitrogen and oxygen atoms in total. The molecule has 0 fully saturated rings. The van der Waals surface area contributed by atoms with Crippen LogP contribution in [0.3, 0.4) is 0 Å². The Labute approximate surface area is 129 Å². The van der Waals surface area contributed by atoms with Crippen LogP contribution in [0.25, 0.3) is 0 Å². The first kappa shape index (κ1) is 14.1. The molecule has 3 heteroatoms. The molecule has 0 aliphatic rings. The summed E-state index contributed by atoms with van der Waals surface area (Å²) in [5.74, 6) is 0.561. The van der Waals surface area contributed by atoms with Gasteiger partial charge in [0.25, 0.3) is 0 Å². The molecule has 0 radical (unpaired) electrons. The summed E-state index contributed by atoms with van der Waals surface area (Å²) in [7, 11) is 0. The normalized spacial score (nSPS) is 10.5. The average Bonchev–Trinajstić information content (AvgIpc) is 2.52. The Bertz CT molecular complexity index is 686. The molecule has 0 unspecified atom stereocenters. The van der Waals surface area contributed by atoms with Gasteiger partial charge in [-0.15, -0.1) is 0 Å². The molecule has 2 aromatic carbocycles. The fourth-order valence-electron chi connectivity index (χ4n) is 2.43. The van der Waals surface area contributed by atoms with Gasteiger partial charge in [-0.05, 0) is 59.4 Å². The van der Waals surface area contributed by atoms with Crippen molar-refractivity contribution in [1.82, 2.24) is 4.98 Å². The van der Waals surface area contributed by atoms with E-state index >= 15 is 0 Å². The SMILES string of the molecule is Oc1ccc(Cc2cncc(Cc3ccc(O)cc3)c2)cc1. The largest absolute Gasteiger partial charge is 0.508 e. The van der Waals surface area contributed by atoms with Crippen LogP contribution in [0.5, 0.6) is 11.5 Å². The Morgan fingerprint density at radius 2 is 1.00 bits per heavy atom. The van der Waals surface area contributed by atoms with Crippen LogP contribution in [0.15, 0.2) is 67.0 Å². The van der Waals surface area contributed by atoms with Gasteiger partial charge >= 0.3 is 0 Å². The summed E-state index contributed by atoms with van der Waals surface area (Å²) in [6.45, 7) is 0. The maximum absolute atomic E-state index is 9.32. The number of phenols is 2. The summed E-state index contributed by atoms with van der Waals surface area (Å²) in [6.07, 6.45) is 5.31. The lowest BCUT2D eigenvalue weighted by atomic mass is 10.0. The van der Waals surface area contributed by atoms with Crippen LogP contribution in [0.4, 0.5) is 0 Å². The predicted molar refractivity (Wildman–Crippen MR) is 86.1 cm³/mol. The Kier molecular flexibility index (Phi) is 4.05. The Morgan fingerprint density at radius 1 is 0.591 bits per heavy atom. The molecular weight excluding hydrogens is 274 g/mol. The van der Waals surface area contributed by atoms with Gasteiger partial charge in [0.2, 0.25) is 0 Å². The van der Waals surface area contributed by atoms with Gasteiger partial charge in [-0.2, -0.15) is 0 Å². The Morgan fingerprint density at radius 3 is 1.41 bits per heavy atom. The monoisotopic (exact) mass is 291 g/mol. The highest BCUT2D eigenvalue weighted by Gasteiger charge is 2.02. The average molecular weight is 291 g/mol. The summed E-state index contributed by atoms with van der Waals surface area (Å²) < 4.78 is 0. The molecule has 1 aromatic heterocycles. The highest BCUT2D eigenvalue weighted by molar-refractivity contribution is 5.33. The zero-order valence-electron chi connectivity index (χ0n) is 12.1. The van der Waals surface area contributed by atoms with Crippen LogP contribution in [-0.2, 0) is 12.8 Å². The van der Waals surface area contributed by atoms with Gasteiger partial charge in [-0.3, -0.25) is 4.98 Å². The summed E-state index contributed by atoms with van der Waals surface area (Å²) in [5.41, 5.74) is 4.56. The van der Waals surface area contributed by atoms with Crippen molar-refractivity contribution in [1.29, 1.82) is 0 Å². The van der Waals surface area contributed by atoms with E-state index in [-0.39, 0.29) is 11.5 Å². The second kappa shape index (κ2) is 6.31. The molecular formula is C19H17NO2. The molecule has 0 amide bonds. The number of rotatable bonds is 4. The molecule has 1 heterocycles. The van der Waals surface area contributed by atoms with E-state index in [2.05, 4.69) is 11.1 Å². The van der Waals surface area contributed by atoms with Crippen molar-refractivity contribution in [3.05, 3.63) is 89.2 Å². The molecule has 0 aliphatic heterocycles. The lowest BCUT2D eigenvalue weighted by Gasteiger charge is -2.06. The predicted octanol–water partition coefficient (Wildman–Crippen LogP) is 3.67. The topological polar surface area (TPSA) is 53.4 Å². The maximum Gasteiger partial charge on any atom is 0.115 e. The molecule has 0 aliphatic carbocycles. The number of nitrogens with zero attached hydrogens (tertiary/aromatic N) is 1. The second-order valence-corrected chi connectivity index (χ2v) is 5.39. The minimum absolute atomic E-state index is 0.281. The number of aromatic nitrogens is 1. The summed E-state index contributed by atoms with van der Waals surface area (Å²) in [5, 5.41) is 18.6. The third-order valence-corrected chi connectivity index (χ3v) is 3.54. The number of phenolic OH excluding ortho intramolecular Hbond substituents is 2. The molecule has 3 aromatic rings. The van der Waals surface area contributed by atoms with Crippen molar-refractivity contribution >= 4 is 0 Å². The van der Waals surface area contributed by atoms with Crippen molar-refractivity contribution in [2.24, 2.45) is 0 Å². The van der Waals surface area contributed by atoms with Crippen molar-refractivity contribution in [2.75, 3.05) is 0 Å². The zero-order valence-corrected chi connectivity index (χ0v) is 12.1. The zero-order chi connectivity index (χ0) is 15.4. The third kappa shape index (κ3) is 3.64. The van der Waals surface area contributed by atoms with Gasteiger partial charge in [-0.1, -0.05) is 30.3 Å². The molecule has 0 saturated carbocycles. The lowest BCUT2D eigenvalue weighted by Crippen LogP contribution is -1.94. The lowest BCUT2D eigenvalue weighted by molar-refractivity contribution is 0.474. The van der Waals surface area contributed by atoms with Crippen molar-refractivity contribution in [3.63, 3.8) is 0 Å². The van der Waals surface area contributed by atoms with E-state index in [9.17, 15) is 10.2 Å². The molecule has 110 valence electrons. The van der Waals surface area contributed by atoms with Gasteiger partial charge in [0, 0.05) is 12.4 Å². The smallest absolute Gasteiger partial charge is 0.115 e. The fraction of sp³-hybridized carbons (Fsp3) is 0.105. The van der Waals surface area contributed by atoms with Crippen molar-refractivity contribution in [2.45, 2.75) is 12.8 Å². The van der Waals surface area contributed by atoms with E-state index in [0.717, 1.165) is 35.1 Å². The standard InChI is InChI=1S/C19H17NO2/c21-18-5-1-14(2-6-18)9-16-11-17(13-20-12-16)10-15-3-7-19(22)8-4-15/h1-8,11-13,21-22H,9-10H2.